The van der Waals surface area contributed by atoms with E-state index in [1.54, 1.807) is 13.1 Å². The van der Waals surface area contributed by atoms with Gasteiger partial charge in [0, 0.05) is 24.7 Å². The van der Waals surface area contributed by atoms with Crippen molar-refractivity contribution in [3.8, 4) is 5.88 Å². The zero-order chi connectivity index (χ0) is 13.0. The van der Waals surface area contributed by atoms with E-state index in [4.69, 9.17) is 4.74 Å². The first-order valence-electron chi connectivity index (χ1n) is 6.45. The Kier molecular flexibility index (Phi) is 4.31. The molecular weight excluding hydrogens is 228 g/mol. The minimum atomic E-state index is 0.213. The first-order chi connectivity index (χ1) is 8.67. The molecule has 1 N–H and O–H groups in total. The molecule has 1 aliphatic carbocycles. The Morgan fingerprint density at radius 2 is 2.33 bits per heavy atom. The summed E-state index contributed by atoms with van der Waals surface area (Å²) >= 11 is 0. The number of pyridine rings is 1. The quantitative estimate of drug-likeness (QED) is 0.833. The number of aromatic nitrogens is 1. The third-order valence-corrected chi connectivity index (χ3v) is 3.36. The molecular formula is C14H20N2O2. The van der Waals surface area contributed by atoms with Crippen LogP contribution < -0.4 is 10.1 Å². The molecule has 18 heavy (non-hydrogen) atoms. The van der Waals surface area contributed by atoms with E-state index >= 15 is 0 Å². The molecule has 1 aromatic rings. The number of hydrogen-bond donors (Lipinski definition) is 1. The predicted octanol–water partition coefficient (Wildman–Crippen LogP) is 1.73. The van der Waals surface area contributed by atoms with Crippen molar-refractivity contribution in [3.63, 3.8) is 0 Å². The lowest BCUT2D eigenvalue weighted by Gasteiger charge is -2.34. The highest BCUT2D eigenvalue weighted by Crippen LogP contribution is 2.25. The standard InChI is InChI=1S/C14H20N2O2/c1-10(17)3-4-11-5-6-16-14(7-11)18-13-8-12(9-13)15-2/h5-7,12-13,15H,3-4,8-9H2,1-2H3. The van der Waals surface area contributed by atoms with E-state index < -0.39 is 0 Å². The predicted molar refractivity (Wildman–Crippen MR) is 69.7 cm³/mol. The Hall–Kier alpha value is -1.42. The summed E-state index contributed by atoms with van der Waals surface area (Å²) in [5, 5.41) is 3.22. The van der Waals surface area contributed by atoms with Crippen LogP contribution in [0.3, 0.4) is 0 Å². The van der Waals surface area contributed by atoms with Crippen LogP contribution in [0.25, 0.3) is 0 Å². The van der Waals surface area contributed by atoms with Crippen molar-refractivity contribution in [3.05, 3.63) is 23.9 Å². The maximum atomic E-state index is 11.0. The van der Waals surface area contributed by atoms with Crippen LogP contribution in [0, 0.1) is 0 Å². The zero-order valence-electron chi connectivity index (χ0n) is 11.0. The number of aryl methyl sites for hydroxylation is 1. The van der Waals surface area contributed by atoms with Crippen molar-refractivity contribution >= 4 is 5.78 Å². The van der Waals surface area contributed by atoms with Gasteiger partial charge >= 0.3 is 0 Å². The Morgan fingerprint density at radius 3 is 3.00 bits per heavy atom. The van der Waals surface area contributed by atoms with Gasteiger partial charge in [0.2, 0.25) is 5.88 Å². The second-order valence-corrected chi connectivity index (χ2v) is 4.90. The fraction of sp³-hybridized carbons (Fsp3) is 0.571. The Bertz CT molecular complexity index is 414. The maximum absolute atomic E-state index is 11.0. The van der Waals surface area contributed by atoms with Gasteiger partial charge in [-0.25, -0.2) is 4.98 Å². The molecule has 0 radical (unpaired) electrons. The fourth-order valence-corrected chi connectivity index (χ4v) is 2.06. The van der Waals surface area contributed by atoms with Crippen molar-refractivity contribution in [2.24, 2.45) is 0 Å². The van der Waals surface area contributed by atoms with E-state index in [0.29, 0.717) is 18.3 Å². The number of carbonyl (C=O) groups excluding carboxylic acids is 1. The van der Waals surface area contributed by atoms with Crippen LogP contribution >= 0.6 is 0 Å². The van der Waals surface area contributed by atoms with Crippen LogP contribution in [0.2, 0.25) is 0 Å². The first-order valence-corrected chi connectivity index (χ1v) is 6.45. The Balaban J connectivity index is 1.85. The van der Waals surface area contributed by atoms with Gasteiger partial charge in [-0.05, 0) is 44.9 Å². The summed E-state index contributed by atoms with van der Waals surface area (Å²) in [6, 6.07) is 4.46. The van der Waals surface area contributed by atoms with Gasteiger partial charge in [-0.1, -0.05) is 0 Å². The summed E-state index contributed by atoms with van der Waals surface area (Å²) in [6.45, 7) is 1.62. The fourth-order valence-electron chi connectivity index (χ4n) is 2.06. The molecule has 0 aliphatic heterocycles. The molecule has 1 heterocycles. The number of carbonyl (C=O) groups is 1. The third kappa shape index (κ3) is 3.53. The molecule has 1 saturated carbocycles. The van der Waals surface area contributed by atoms with Crippen LogP contribution in [0.1, 0.15) is 31.7 Å². The van der Waals surface area contributed by atoms with Crippen LogP contribution in [-0.2, 0) is 11.2 Å². The molecule has 0 aromatic carbocycles. The van der Waals surface area contributed by atoms with Crippen molar-refractivity contribution in [2.75, 3.05) is 7.05 Å². The monoisotopic (exact) mass is 248 g/mol. The van der Waals surface area contributed by atoms with Gasteiger partial charge in [0.05, 0.1) is 0 Å². The zero-order valence-corrected chi connectivity index (χ0v) is 11.0. The van der Waals surface area contributed by atoms with E-state index in [0.717, 1.165) is 24.8 Å². The largest absolute Gasteiger partial charge is 0.474 e. The number of Topliss-reactive ketones (excluding diaryl/α,β-unsaturated/α-hetero) is 1. The Morgan fingerprint density at radius 1 is 1.56 bits per heavy atom. The van der Waals surface area contributed by atoms with Gasteiger partial charge in [-0.15, -0.1) is 0 Å². The summed E-state index contributed by atoms with van der Waals surface area (Å²) in [5.74, 6) is 0.890. The molecule has 98 valence electrons. The van der Waals surface area contributed by atoms with Gasteiger partial charge < -0.3 is 14.8 Å². The average Bonchev–Trinajstić information content (AvgIpc) is 2.31. The van der Waals surface area contributed by atoms with Crippen molar-refractivity contribution in [2.45, 2.75) is 44.8 Å². The van der Waals surface area contributed by atoms with Gasteiger partial charge in [0.1, 0.15) is 11.9 Å². The van der Waals surface area contributed by atoms with Gasteiger partial charge in [-0.3, -0.25) is 0 Å². The van der Waals surface area contributed by atoms with E-state index in [-0.39, 0.29) is 11.9 Å². The molecule has 1 aliphatic rings. The van der Waals surface area contributed by atoms with E-state index in [9.17, 15) is 4.79 Å². The molecule has 2 rings (SSSR count). The normalized spacial score (nSPS) is 22.3. The SMILES string of the molecule is CNC1CC(Oc2cc(CCC(C)=O)ccn2)C1. The average molecular weight is 248 g/mol. The second-order valence-electron chi connectivity index (χ2n) is 4.90. The van der Waals surface area contributed by atoms with E-state index in [1.165, 1.54) is 0 Å². The number of nitrogens with zero attached hydrogens (tertiary/aromatic N) is 1. The minimum Gasteiger partial charge on any atom is -0.474 e. The molecule has 4 heteroatoms. The lowest BCUT2D eigenvalue weighted by atomic mass is 9.89. The lowest BCUT2D eigenvalue weighted by Crippen LogP contribution is -2.45. The summed E-state index contributed by atoms with van der Waals surface area (Å²) in [6.07, 6.45) is 5.44. The lowest BCUT2D eigenvalue weighted by molar-refractivity contribution is -0.116. The van der Waals surface area contributed by atoms with Crippen LogP contribution in [0.4, 0.5) is 0 Å². The summed E-state index contributed by atoms with van der Waals surface area (Å²) in [4.78, 5) is 15.2. The second kappa shape index (κ2) is 5.96. The van der Waals surface area contributed by atoms with Crippen LogP contribution in [0.15, 0.2) is 18.3 Å². The molecule has 1 aromatic heterocycles. The van der Waals surface area contributed by atoms with E-state index in [1.807, 2.05) is 19.2 Å². The topological polar surface area (TPSA) is 51.2 Å². The van der Waals surface area contributed by atoms with Crippen LogP contribution in [0.5, 0.6) is 5.88 Å². The summed E-state index contributed by atoms with van der Waals surface area (Å²) in [7, 11) is 1.97. The molecule has 0 atom stereocenters. The maximum Gasteiger partial charge on any atom is 0.213 e. The van der Waals surface area contributed by atoms with Crippen molar-refractivity contribution < 1.29 is 9.53 Å². The third-order valence-electron chi connectivity index (χ3n) is 3.36. The first kappa shape index (κ1) is 13.0. The molecule has 4 nitrogen and oxygen atoms in total. The summed E-state index contributed by atoms with van der Waals surface area (Å²) < 4.78 is 5.79. The summed E-state index contributed by atoms with van der Waals surface area (Å²) in [5.41, 5.74) is 1.11. The molecule has 0 amide bonds. The van der Waals surface area contributed by atoms with Gasteiger partial charge in [0.25, 0.3) is 0 Å². The number of hydrogen-bond acceptors (Lipinski definition) is 4. The minimum absolute atomic E-state index is 0.213. The highest BCUT2D eigenvalue weighted by Gasteiger charge is 2.29. The van der Waals surface area contributed by atoms with E-state index in [2.05, 4.69) is 10.3 Å². The highest BCUT2D eigenvalue weighted by molar-refractivity contribution is 5.75. The van der Waals surface area contributed by atoms with Crippen LogP contribution in [-0.4, -0.2) is 30.0 Å². The Labute approximate surface area is 108 Å². The number of rotatable bonds is 6. The highest BCUT2D eigenvalue weighted by atomic mass is 16.5. The molecule has 0 saturated heterocycles. The number of ketones is 1. The van der Waals surface area contributed by atoms with Crippen molar-refractivity contribution in [1.82, 2.24) is 10.3 Å². The molecule has 0 unspecified atom stereocenters. The molecule has 1 fully saturated rings. The number of ether oxygens (including phenoxy) is 1. The van der Waals surface area contributed by atoms with Gasteiger partial charge in [0.15, 0.2) is 0 Å². The molecule has 0 bridgehead atoms. The van der Waals surface area contributed by atoms with Crippen molar-refractivity contribution in [1.29, 1.82) is 0 Å². The number of nitrogens with one attached hydrogen (secondary N) is 1. The smallest absolute Gasteiger partial charge is 0.213 e. The molecule has 0 spiro atoms. The van der Waals surface area contributed by atoms with Gasteiger partial charge in [-0.2, -0.15) is 0 Å².